The fourth-order valence-corrected chi connectivity index (χ4v) is 2.44. The van der Waals surface area contributed by atoms with E-state index in [0.717, 1.165) is 12.1 Å². The lowest BCUT2D eigenvalue weighted by Gasteiger charge is -2.08. The summed E-state index contributed by atoms with van der Waals surface area (Å²) in [6.07, 6.45) is 1.94. The van der Waals surface area contributed by atoms with Crippen molar-refractivity contribution < 1.29 is 18.0 Å². The molecule has 138 valence electrons. The third kappa shape index (κ3) is 4.84. The lowest BCUT2D eigenvalue weighted by Crippen LogP contribution is -2.13. The minimum Gasteiger partial charge on any atom is -0.370 e. The molecule has 0 spiro atoms. The van der Waals surface area contributed by atoms with Crippen LogP contribution in [0, 0.1) is 17.5 Å². The topological polar surface area (TPSA) is 54.0 Å². The van der Waals surface area contributed by atoms with Gasteiger partial charge in [-0.15, -0.1) is 0 Å². The molecule has 1 aromatic heterocycles. The fourth-order valence-electron chi connectivity index (χ4n) is 2.44. The maximum Gasteiger partial charge on any atom is 0.255 e. The van der Waals surface area contributed by atoms with Gasteiger partial charge in [0, 0.05) is 12.1 Å². The van der Waals surface area contributed by atoms with E-state index in [1.165, 1.54) is 18.3 Å². The van der Waals surface area contributed by atoms with E-state index in [9.17, 15) is 18.0 Å². The van der Waals surface area contributed by atoms with Crippen LogP contribution in [-0.4, -0.2) is 17.4 Å². The SMILES string of the molecule is O=C(Nc1ccc(NCCc2ccccc2F)nc1)c1ccc(F)c(F)c1. The summed E-state index contributed by atoms with van der Waals surface area (Å²) in [5.41, 5.74) is 1.02. The van der Waals surface area contributed by atoms with E-state index in [2.05, 4.69) is 15.6 Å². The van der Waals surface area contributed by atoms with Crippen LogP contribution in [-0.2, 0) is 6.42 Å². The second-order valence-corrected chi connectivity index (χ2v) is 5.78. The number of halogens is 3. The van der Waals surface area contributed by atoms with Crippen LogP contribution in [0.1, 0.15) is 15.9 Å². The Kier molecular flexibility index (Phi) is 5.71. The molecule has 0 aliphatic rings. The summed E-state index contributed by atoms with van der Waals surface area (Å²) in [5.74, 6) is -2.36. The van der Waals surface area contributed by atoms with Crippen LogP contribution in [0.2, 0.25) is 0 Å². The lowest BCUT2D eigenvalue weighted by molar-refractivity contribution is 0.102. The first-order chi connectivity index (χ1) is 13.0. The smallest absolute Gasteiger partial charge is 0.255 e. The van der Waals surface area contributed by atoms with Gasteiger partial charge in [0.1, 0.15) is 11.6 Å². The quantitative estimate of drug-likeness (QED) is 0.675. The Morgan fingerprint density at radius 2 is 1.74 bits per heavy atom. The van der Waals surface area contributed by atoms with Gasteiger partial charge in [-0.3, -0.25) is 4.79 Å². The first-order valence-corrected chi connectivity index (χ1v) is 8.22. The number of hydrogen-bond acceptors (Lipinski definition) is 3. The van der Waals surface area contributed by atoms with E-state index in [-0.39, 0.29) is 11.4 Å². The number of carbonyl (C=O) groups excluding carboxylic acids is 1. The van der Waals surface area contributed by atoms with Crippen LogP contribution in [0.25, 0.3) is 0 Å². The van der Waals surface area contributed by atoms with Crippen molar-refractivity contribution in [3.63, 3.8) is 0 Å². The minimum absolute atomic E-state index is 0.000916. The van der Waals surface area contributed by atoms with Gasteiger partial charge in [0.2, 0.25) is 0 Å². The minimum atomic E-state index is -1.09. The van der Waals surface area contributed by atoms with Crippen LogP contribution in [0.5, 0.6) is 0 Å². The highest BCUT2D eigenvalue weighted by Gasteiger charge is 2.10. The molecule has 4 nitrogen and oxygen atoms in total. The highest BCUT2D eigenvalue weighted by Crippen LogP contribution is 2.14. The summed E-state index contributed by atoms with van der Waals surface area (Å²) in [7, 11) is 0. The Labute approximate surface area is 154 Å². The number of carbonyl (C=O) groups is 1. The Balaban J connectivity index is 1.54. The number of benzene rings is 2. The Morgan fingerprint density at radius 3 is 2.44 bits per heavy atom. The second kappa shape index (κ2) is 8.35. The van der Waals surface area contributed by atoms with Gasteiger partial charge in [0.05, 0.1) is 11.9 Å². The Bertz CT molecular complexity index is 945. The van der Waals surface area contributed by atoms with Crippen molar-refractivity contribution in [1.82, 2.24) is 4.98 Å². The van der Waals surface area contributed by atoms with Gasteiger partial charge in [0.15, 0.2) is 11.6 Å². The molecule has 0 aliphatic heterocycles. The van der Waals surface area contributed by atoms with Crippen LogP contribution >= 0.6 is 0 Å². The molecule has 0 unspecified atom stereocenters. The van der Waals surface area contributed by atoms with Crippen LogP contribution < -0.4 is 10.6 Å². The van der Waals surface area contributed by atoms with Gasteiger partial charge in [-0.25, -0.2) is 18.2 Å². The number of pyridine rings is 1. The van der Waals surface area contributed by atoms with Crippen molar-refractivity contribution in [2.24, 2.45) is 0 Å². The molecule has 27 heavy (non-hydrogen) atoms. The van der Waals surface area contributed by atoms with Crippen molar-refractivity contribution in [3.05, 3.63) is 89.4 Å². The Morgan fingerprint density at radius 1 is 0.926 bits per heavy atom. The third-order valence-corrected chi connectivity index (χ3v) is 3.86. The summed E-state index contributed by atoms with van der Waals surface area (Å²) in [6, 6.07) is 12.8. The number of anilines is 2. The average molecular weight is 371 g/mol. The molecule has 0 saturated heterocycles. The maximum absolute atomic E-state index is 13.5. The van der Waals surface area contributed by atoms with Crippen LogP contribution in [0.4, 0.5) is 24.7 Å². The molecule has 3 rings (SSSR count). The molecule has 1 heterocycles. The first kappa shape index (κ1) is 18.4. The fraction of sp³-hybridized carbons (Fsp3) is 0.100. The molecule has 0 bridgehead atoms. The zero-order valence-corrected chi connectivity index (χ0v) is 14.2. The summed E-state index contributed by atoms with van der Waals surface area (Å²) in [4.78, 5) is 16.2. The highest BCUT2D eigenvalue weighted by molar-refractivity contribution is 6.04. The number of aromatic nitrogens is 1. The molecule has 0 aliphatic carbocycles. The van der Waals surface area contributed by atoms with Gasteiger partial charge in [-0.1, -0.05) is 18.2 Å². The molecule has 2 N–H and O–H groups in total. The van der Waals surface area contributed by atoms with E-state index < -0.39 is 17.5 Å². The molecule has 0 radical (unpaired) electrons. The van der Waals surface area contributed by atoms with Crippen molar-refractivity contribution in [2.75, 3.05) is 17.2 Å². The van der Waals surface area contributed by atoms with E-state index in [1.54, 1.807) is 30.3 Å². The van der Waals surface area contributed by atoms with Gasteiger partial charge in [0.25, 0.3) is 5.91 Å². The zero-order valence-electron chi connectivity index (χ0n) is 14.2. The summed E-state index contributed by atoms with van der Waals surface area (Å²) in [5, 5.41) is 5.62. The number of nitrogens with zero attached hydrogens (tertiary/aromatic N) is 1. The Hall–Kier alpha value is -3.35. The normalized spacial score (nSPS) is 10.5. The summed E-state index contributed by atoms with van der Waals surface area (Å²) in [6.45, 7) is 0.495. The predicted molar refractivity (Wildman–Crippen MR) is 97.1 cm³/mol. The zero-order chi connectivity index (χ0) is 19.2. The van der Waals surface area contributed by atoms with Crippen molar-refractivity contribution in [2.45, 2.75) is 6.42 Å². The van der Waals surface area contributed by atoms with Crippen LogP contribution in [0.15, 0.2) is 60.8 Å². The van der Waals surface area contributed by atoms with E-state index in [0.29, 0.717) is 30.0 Å². The van der Waals surface area contributed by atoms with Gasteiger partial charge < -0.3 is 10.6 Å². The van der Waals surface area contributed by atoms with Crippen LogP contribution in [0.3, 0.4) is 0 Å². The molecule has 0 saturated carbocycles. The number of amides is 1. The molecule has 2 aromatic carbocycles. The van der Waals surface area contributed by atoms with E-state index in [4.69, 9.17) is 0 Å². The summed E-state index contributed by atoms with van der Waals surface area (Å²) < 4.78 is 39.7. The standard InChI is InChI=1S/C20H16F3N3O/c21-16-4-2-1-3-13(16)9-10-24-19-8-6-15(12-25-19)26-20(27)14-5-7-17(22)18(23)11-14/h1-8,11-12H,9-10H2,(H,24,25)(H,26,27). The van der Waals surface area contributed by atoms with E-state index >= 15 is 0 Å². The molecule has 0 fully saturated rings. The monoisotopic (exact) mass is 371 g/mol. The summed E-state index contributed by atoms with van der Waals surface area (Å²) >= 11 is 0. The third-order valence-electron chi connectivity index (χ3n) is 3.86. The second-order valence-electron chi connectivity index (χ2n) is 5.78. The number of nitrogens with one attached hydrogen (secondary N) is 2. The number of hydrogen-bond donors (Lipinski definition) is 2. The average Bonchev–Trinajstić information content (AvgIpc) is 2.67. The van der Waals surface area contributed by atoms with Crippen molar-refractivity contribution in [3.8, 4) is 0 Å². The predicted octanol–water partition coefficient (Wildman–Crippen LogP) is 4.41. The molecule has 3 aromatic rings. The number of rotatable bonds is 6. The molecule has 1 amide bonds. The van der Waals surface area contributed by atoms with Crippen molar-refractivity contribution in [1.29, 1.82) is 0 Å². The maximum atomic E-state index is 13.5. The van der Waals surface area contributed by atoms with Gasteiger partial charge in [-0.2, -0.15) is 0 Å². The molecule has 7 heteroatoms. The molecular formula is C20H16F3N3O. The van der Waals surface area contributed by atoms with Crippen molar-refractivity contribution >= 4 is 17.4 Å². The molecular weight excluding hydrogens is 355 g/mol. The highest BCUT2D eigenvalue weighted by atomic mass is 19.2. The van der Waals surface area contributed by atoms with Gasteiger partial charge in [-0.05, 0) is 48.4 Å². The lowest BCUT2D eigenvalue weighted by atomic mass is 10.1. The van der Waals surface area contributed by atoms with E-state index in [1.807, 2.05) is 0 Å². The molecule has 0 atom stereocenters. The largest absolute Gasteiger partial charge is 0.370 e. The van der Waals surface area contributed by atoms with Gasteiger partial charge >= 0.3 is 0 Å². The first-order valence-electron chi connectivity index (χ1n) is 8.22.